The minimum atomic E-state index is -0.352. The van der Waals surface area contributed by atoms with Gasteiger partial charge in [0.1, 0.15) is 0 Å². The molecule has 2 N–H and O–H groups in total. The first-order valence-electron chi connectivity index (χ1n) is 7.00. The molecule has 0 radical (unpaired) electrons. The van der Waals surface area contributed by atoms with E-state index in [1.165, 1.54) is 21.3 Å². The minimum Gasteiger partial charge on any atom is -0.493 e. The first-order chi connectivity index (χ1) is 11.1. The molecule has 23 heavy (non-hydrogen) atoms. The molecule has 0 atom stereocenters. The van der Waals surface area contributed by atoms with Crippen molar-refractivity contribution in [2.75, 3.05) is 21.3 Å². The lowest BCUT2D eigenvalue weighted by Gasteiger charge is -2.12. The Balaban J connectivity index is 2.24. The molecule has 2 aromatic rings. The molecular weight excluding hydrogens is 302 g/mol. The Labute approximate surface area is 133 Å². The third-order valence-electron chi connectivity index (χ3n) is 3.20. The lowest BCUT2D eigenvalue weighted by atomic mass is 10.1. The molecule has 0 aliphatic carbocycles. The Morgan fingerprint density at radius 2 is 1.83 bits per heavy atom. The maximum atomic E-state index is 10.7. The Morgan fingerprint density at radius 1 is 1.17 bits per heavy atom. The Bertz CT molecular complexity index is 658. The van der Waals surface area contributed by atoms with E-state index in [1.54, 1.807) is 12.1 Å². The standard InChI is InChI=1S/C15H19N3O5/c1-20-10-7-9(8-11(21-2)14(10)22-3)15-17-13(23-18-15)6-4-5-12(16)19/h7-8H,4-6H2,1-3H3,(H2,16,19). The summed E-state index contributed by atoms with van der Waals surface area (Å²) < 4.78 is 21.0. The van der Waals surface area contributed by atoms with Gasteiger partial charge < -0.3 is 24.5 Å². The topological polar surface area (TPSA) is 110 Å². The summed E-state index contributed by atoms with van der Waals surface area (Å²) >= 11 is 0. The molecule has 8 nitrogen and oxygen atoms in total. The number of carbonyl (C=O) groups is 1. The molecule has 2 rings (SSSR count). The summed E-state index contributed by atoms with van der Waals surface area (Å²) in [5.74, 6) is 1.98. The van der Waals surface area contributed by atoms with Gasteiger partial charge in [-0.05, 0) is 18.6 Å². The van der Waals surface area contributed by atoms with Crippen molar-refractivity contribution < 1.29 is 23.5 Å². The van der Waals surface area contributed by atoms with Gasteiger partial charge >= 0.3 is 0 Å². The van der Waals surface area contributed by atoms with E-state index in [2.05, 4.69) is 10.1 Å². The molecule has 1 aromatic heterocycles. The van der Waals surface area contributed by atoms with Gasteiger partial charge in [0.15, 0.2) is 11.5 Å². The van der Waals surface area contributed by atoms with Gasteiger partial charge in [0, 0.05) is 18.4 Å². The summed E-state index contributed by atoms with van der Waals surface area (Å²) in [4.78, 5) is 15.0. The number of primary amides is 1. The highest BCUT2D eigenvalue weighted by atomic mass is 16.5. The summed E-state index contributed by atoms with van der Waals surface area (Å²) in [6.07, 6.45) is 1.33. The van der Waals surface area contributed by atoms with E-state index in [1.807, 2.05) is 0 Å². The molecule has 124 valence electrons. The number of methoxy groups -OCH3 is 3. The number of carbonyl (C=O) groups excluding carboxylic acids is 1. The molecule has 0 saturated heterocycles. The quantitative estimate of drug-likeness (QED) is 0.785. The van der Waals surface area contributed by atoms with Crippen LogP contribution in [0.1, 0.15) is 18.7 Å². The maximum absolute atomic E-state index is 10.7. The predicted octanol–water partition coefficient (Wildman–Crippen LogP) is 1.57. The van der Waals surface area contributed by atoms with Crippen LogP contribution < -0.4 is 19.9 Å². The molecular formula is C15H19N3O5. The van der Waals surface area contributed by atoms with Gasteiger partial charge in [0.25, 0.3) is 0 Å². The number of hydrogen-bond donors (Lipinski definition) is 1. The van der Waals surface area contributed by atoms with E-state index < -0.39 is 0 Å². The van der Waals surface area contributed by atoms with Crippen molar-refractivity contribution in [1.29, 1.82) is 0 Å². The van der Waals surface area contributed by atoms with Crippen molar-refractivity contribution in [2.45, 2.75) is 19.3 Å². The van der Waals surface area contributed by atoms with Crippen molar-refractivity contribution >= 4 is 5.91 Å². The van der Waals surface area contributed by atoms with Gasteiger partial charge in [0.2, 0.25) is 23.4 Å². The zero-order chi connectivity index (χ0) is 16.8. The zero-order valence-electron chi connectivity index (χ0n) is 13.3. The Kier molecular flexibility index (Phi) is 5.40. The number of hydrogen-bond acceptors (Lipinski definition) is 7. The lowest BCUT2D eigenvalue weighted by Crippen LogP contribution is -2.10. The van der Waals surface area contributed by atoms with Crippen LogP contribution >= 0.6 is 0 Å². The van der Waals surface area contributed by atoms with Crippen molar-refractivity contribution in [1.82, 2.24) is 10.1 Å². The predicted molar refractivity (Wildman–Crippen MR) is 81.5 cm³/mol. The van der Waals surface area contributed by atoms with Crippen molar-refractivity contribution in [2.24, 2.45) is 5.73 Å². The highest BCUT2D eigenvalue weighted by Gasteiger charge is 2.17. The van der Waals surface area contributed by atoms with Crippen molar-refractivity contribution in [3.05, 3.63) is 18.0 Å². The fourth-order valence-electron chi connectivity index (χ4n) is 2.10. The van der Waals surface area contributed by atoms with E-state index in [0.29, 0.717) is 47.4 Å². The van der Waals surface area contributed by atoms with Crippen LogP contribution in [0.2, 0.25) is 0 Å². The summed E-state index contributed by atoms with van der Waals surface area (Å²) in [5.41, 5.74) is 5.77. The van der Waals surface area contributed by atoms with Gasteiger partial charge in [-0.3, -0.25) is 4.79 Å². The number of aryl methyl sites for hydroxylation is 1. The number of aromatic nitrogens is 2. The first-order valence-corrected chi connectivity index (χ1v) is 7.00. The van der Waals surface area contributed by atoms with Crippen molar-refractivity contribution in [3.8, 4) is 28.6 Å². The third-order valence-corrected chi connectivity index (χ3v) is 3.20. The number of rotatable bonds is 8. The molecule has 0 spiro atoms. The summed E-state index contributed by atoms with van der Waals surface area (Å²) in [6.45, 7) is 0. The third kappa shape index (κ3) is 3.91. The Morgan fingerprint density at radius 3 is 2.35 bits per heavy atom. The average Bonchev–Trinajstić information content (AvgIpc) is 3.01. The number of ether oxygens (including phenoxy) is 3. The molecule has 1 amide bonds. The van der Waals surface area contributed by atoms with Crippen LogP contribution in [-0.2, 0) is 11.2 Å². The molecule has 0 bridgehead atoms. The largest absolute Gasteiger partial charge is 0.493 e. The van der Waals surface area contributed by atoms with Crippen LogP contribution in [0.25, 0.3) is 11.4 Å². The second kappa shape index (κ2) is 7.48. The van der Waals surface area contributed by atoms with Gasteiger partial charge in [-0.1, -0.05) is 5.16 Å². The fraction of sp³-hybridized carbons (Fsp3) is 0.400. The van der Waals surface area contributed by atoms with Gasteiger partial charge in [-0.2, -0.15) is 4.98 Å². The van der Waals surface area contributed by atoms with E-state index in [4.69, 9.17) is 24.5 Å². The molecule has 0 aliphatic heterocycles. The van der Waals surface area contributed by atoms with E-state index >= 15 is 0 Å². The molecule has 1 heterocycles. The van der Waals surface area contributed by atoms with E-state index in [-0.39, 0.29) is 12.3 Å². The molecule has 1 aromatic carbocycles. The van der Waals surface area contributed by atoms with Crippen LogP contribution in [-0.4, -0.2) is 37.4 Å². The van der Waals surface area contributed by atoms with Crippen LogP contribution in [0.4, 0.5) is 0 Å². The first kappa shape index (κ1) is 16.6. The molecule has 0 unspecified atom stereocenters. The Hall–Kier alpha value is -2.77. The van der Waals surface area contributed by atoms with Crippen molar-refractivity contribution in [3.63, 3.8) is 0 Å². The lowest BCUT2D eigenvalue weighted by molar-refractivity contribution is -0.118. The minimum absolute atomic E-state index is 0.280. The SMILES string of the molecule is COc1cc(-c2noc(CCCC(N)=O)n2)cc(OC)c1OC. The average molecular weight is 321 g/mol. The van der Waals surface area contributed by atoms with Gasteiger partial charge in [0.05, 0.1) is 21.3 Å². The van der Waals surface area contributed by atoms with E-state index in [9.17, 15) is 4.79 Å². The van der Waals surface area contributed by atoms with Gasteiger partial charge in [-0.25, -0.2) is 0 Å². The van der Waals surface area contributed by atoms with Crippen LogP contribution in [0.3, 0.4) is 0 Å². The van der Waals surface area contributed by atoms with Crippen LogP contribution in [0.15, 0.2) is 16.7 Å². The highest BCUT2D eigenvalue weighted by Crippen LogP contribution is 2.40. The maximum Gasteiger partial charge on any atom is 0.226 e. The smallest absolute Gasteiger partial charge is 0.226 e. The number of benzene rings is 1. The summed E-state index contributed by atoms with van der Waals surface area (Å²) in [7, 11) is 4.60. The second-order valence-electron chi connectivity index (χ2n) is 4.75. The van der Waals surface area contributed by atoms with E-state index in [0.717, 1.165) is 0 Å². The second-order valence-corrected chi connectivity index (χ2v) is 4.75. The molecule has 0 fully saturated rings. The van der Waals surface area contributed by atoms with Gasteiger partial charge in [-0.15, -0.1) is 0 Å². The number of nitrogens with zero attached hydrogens (tertiary/aromatic N) is 2. The molecule has 8 heteroatoms. The van der Waals surface area contributed by atoms with Crippen LogP contribution in [0.5, 0.6) is 17.2 Å². The summed E-state index contributed by atoms with van der Waals surface area (Å²) in [6, 6.07) is 3.47. The summed E-state index contributed by atoms with van der Waals surface area (Å²) in [5, 5.41) is 3.94. The zero-order valence-corrected chi connectivity index (χ0v) is 13.3. The fourth-order valence-corrected chi connectivity index (χ4v) is 2.10. The monoisotopic (exact) mass is 321 g/mol. The van der Waals surface area contributed by atoms with Crippen LogP contribution in [0, 0.1) is 0 Å². The molecule has 0 aliphatic rings. The highest BCUT2D eigenvalue weighted by molar-refractivity contribution is 5.73. The number of nitrogens with two attached hydrogens (primary N) is 1. The molecule has 0 saturated carbocycles. The normalized spacial score (nSPS) is 10.4. The number of amides is 1.